The predicted molar refractivity (Wildman–Crippen MR) is 85.9 cm³/mol. The van der Waals surface area contributed by atoms with E-state index in [1.807, 2.05) is 0 Å². The number of likely N-dealkylation sites (tertiary alicyclic amines) is 1. The van der Waals surface area contributed by atoms with Crippen molar-refractivity contribution in [3.05, 3.63) is 29.3 Å². The first-order chi connectivity index (χ1) is 12.4. The fourth-order valence-electron chi connectivity index (χ4n) is 3.59. The SMILES string of the molecule is COc1cc(F)c(CN2C[C@@H]3CCOC[C@]3(C(=O)O)C2)c(F)c1.O=CO. The zero-order valence-corrected chi connectivity index (χ0v) is 14.3. The summed E-state index contributed by atoms with van der Waals surface area (Å²) < 4.78 is 38.4. The molecule has 3 rings (SSSR count). The van der Waals surface area contributed by atoms with Gasteiger partial charge in [0, 0.05) is 43.9 Å². The van der Waals surface area contributed by atoms with Gasteiger partial charge in [-0.25, -0.2) is 8.78 Å². The van der Waals surface area contributed by atoms with Gasteiger partial charge in [-0.05, 0) is 12.3 Å². The minimum Gasteiger partial charge on any atom is -0.497 e. The molecule has 1 aromatic rings. The lowest BCUT2D eigenvalue weighted by Gasteiger charge is -2.34. The van der Waals surface area contributed by atoms with Crippen molar-refractivity contribution >= 4 is 12.4 Å². The molecule has 0 unspecified atom stereocenters. The lowest BCUT2D eigenvalue weighted by atomic mass is 9.76. The zero-order chi connectivity index (χ0) is 19.3. The van der Waals surface area contributed by atoms with Gasteiger partial charge in [0.15, 0.2) is 0 Å². The van der Waals surface area contributed by atoms with E-state index in [0.717, 1.165) is 12.1 Å². The summed E-state index contributed by atoms with van der Waals surface area (Å²) in [4.78, 5) is 21.9. The van der Waals surface area contributed by atoms with E-state index in [4.69, 9.17) is 19.4 Å². The molecule has 2 aliphatic heterocycles. The van der Waals surface area contributed by atoms with Gasteiger partial charge in [-0.15, -0.1) is 0 Å². The van der Waals surface area contributed by atoms with Crippen molar-refractivity contribution < 1.29 is 38.1 Å². The number of halogens is 2. The van der Waals surface area contributed by atoms with Crippen molar-refractivity contribution in [2.75, 3.05) is 33.4 Å². The fraction of sp³-hybridized carbons (Fsp3) is 0.529. The fourth-order valence-corrected chi connectivity index (χ4v) is 3.59. The number of carboxylic acid groups (broad SMARTS) is 2. The lowest BCUT2D eigenvalue weighted by molar-refractivity contribution is -0.159. The van der Waals surface area contributed by atoms with Crippen molar-refractivity contribution in [3.63, 3.8) is 0 Å². The van der Waals surface area contributed by atoms with Gasteiger partial charge < -0.3 is 19.7 Å². The first kappa shape index (κ1) is 20.1. The minimum absolute atomic E-state index is 0.0349. The van der Waals surface area contributed by atoms with Crippen molar-refractivity contribution in [2.45, 2.75) is 13.0 Å². The van der Waals surface area contributed by atoms with Crippen LogP contribution in [0.2, 0.25) is 0 Å². The van der Waals surface area contributed by atoms with Crippen LogP contribution >= 0.6 is 0 Å². The summed E-state index contributed by atoms with van der Waals surface area (Å²) in [6.07, 6.45) is 0.649. The highest BCUT2D eigenvalue weighted by Gasteiger charge is 2.54. The Labute approximate surface area is 149 Å². The second kappa shape index (κ2) is 8.41. The Morgan fingerprint density at radius 2 is 2.08 bits per heavy atom. The maximum absolute atomic E-state index is 14.1. The van der Waals surface area contributed by atoms with Crippen LogP contribution in [0.1, 0.15) is 12.0 Å². The van der Waals surface area contributed by atoms with E-state index in [1.54, 1.807) is 4.90 Å². The smallest absolute Gasteiger partial charge is 0.313 e. The third kappa shape index (κ3) is 3.94. The number of nitrogens with zero attached hydrogens (tertiary/aromatic N) is 1. The Bertz CT molecular complexity index is 648. The molecule has 2 saturated heterocycles. The van der Waals surface area contributed by atoms with Crippen LogP contribution in [0.5, 0.6) is 5.75 Å². The number of hydrogen-bond donors (Lipinski definition) is 2. The van der Waals surface area contributed by atoms with Gasteiger partial charge in [-0.3, -0.25) is 14.5 Å². The van der Waals surface area contributed by atoms with Gasteiger partial charge >= 0.3 is 5.97 Å². The molecular weight excluding hydrogens is 352 g/mol. The summed E-state index contributed by atoms with van der Waals surface area (Å²) in [5, 5.41) is 16.5. The first-order valence-corrected chi connectivity index (χ1v) is 8.01. The van der Waals surface area contributed by atoms with Gasteiger partial charge in [0.05, 0.1) is 13.7 Å². The molecule has 0 amide bonds. The molecule has 2 atom stereocenters. The van der Waals surface area contributed by atoms with E-state index in [9.17, 15) is 18.7 Å². The average molecular weight is 373 g/mol. The second-order valence-corrected chi connectivity index (χ2v) is 6.34. The summed E-state index contributed by atoms with van der Waals surface area (Å²) in [5.74, 6) is -2.21. The second-order valence-electron chi connectivity index (χ2n) is 6.34. The van der Waals surface area contributed by atoms with Crippen LogP contribution in [0.25, 0.3) is 0 Å². The summed E-state index contributed by atoms with van der Waals surface area (Å²) in [6, 6.07) is 2.27. The Morgan fingerprint density at radius 1 is 1.46 bits per heavy atom. The molecule has 2 N–H and O–H groups in total. The van der Waals surface area contributed by atoms with Crippen LogP contribution in [-0.4, -0.2) is 61.0 Å². The van der Waals surface area contributed by atoms with Crippen LogP contribution in [0.15, 0.2) is 12.1 Å². The van der Waals surface area contributed by atoms with Gasteiger partial charge in [0.1, 0.15) is 22.8 Å². The van der Waals surface area contributed by atoms with Crippen LogP contribution in [0, 0.1) is 23.0 Å². The topological polar surface area (TPSA) is 96.3 Å². The number of rotatable bonds is 4. The first-order valence-electron chi connectivity index (χ1n) is 8.01. The number of benzene rings is 1. The van der Waals surface area contributed by atoms with Crippen LogP contribution in [0.3, 0.4) is 0 Å². The lowest BCUT2D eigenvalue weighted by Crippen LogP contribution is -2.46. The highest BCUT2D eigenvalue weighted by atomic mass is 19.1. The Balaban J connectivity index is 0.000000758. The maximum Gasteiger partial charge on any atom is 0.313 e. The highest BCUT2D eigenvalue weighted by Crippen LogP contribution is 2.42. The molecule has 0 aromatic heterocycles. The zero-order valence-electron chi connectivity index (χ0n) is 14.3. The number of carbonyl (C=O) groups is 2. The highest BCUT2D eigenvalue weighted by molar-refractivity contribution is 5.76. The van der Waals surface area contributed by atoms with Crippen LogP contribution in [-0.2, 0) is 20.9 Å². The molecule has 1 aromatic carbocycles. The van der Waals surface area contributed by atoms with E-state index in [2.05, 4.69) is 0 Å². The summed E-state index contributed by atoms with van der Waals surface area (Å²) in [6.45, 7) is 1.20. The van der Waals surface area contributed by atoms with Crippen LogP contribution < -0.4 is 4.74 Å². The number of hydrogen-bond acceptors (Lipinski definition) is 5. The van der Waals surface area contributed by atoms with E-state index in [-0.39, 0.29) is 43.4 Å². The average Bonchev–Trinajstić information content (AvgIpc) is 2.98. The molecule has 0 saturated carbocycles. The number of carboxylic acids is 1. The molecule has 7 nitrogen and oxygen atoms in total. The summed E-state index contributed by atoms with van der Waals surface area (Å²) >= 11 is 0. The Hall–Kier alpha value is -2.26. The van der Waals surface area contributed by atoms with Gasteiger partial charge in [-0.1, -0.05) is 0 Å². The van der Waals surface area contributed by atoms with E-state index in [0.29, 0.717) is 19.6 Å². The third-order valence-corrected chi connectivity index (χ3v) is 4.89. The molecule has 0 radical (unpaired) electrons. The van der Waals surface area contributed by atoms with E-state index < -0.39 is 23.0 Å². The molecule has 0 aliphatic carbocycles. The number of ether oxygens (including phenoxy) is 2. The quantitative estimate of drug-likeness (QED) is 0.774. The monoisotopic (exact) mass is 373 g/mol. The van der Waals surface area contributed by atoms with E-state index in [1.165, 1.54) is 7.11 Å². The molecule has 0 bridgehead atoms. The molecule has 9 heteroatoms. The maximum atomic E-state index is 14.1. The van der Waals surface area contributed by atoms with Crippen molar-refractivity contribution in [1.29, 1.82) is 0 Å². The molecule has 2 heterocycles. The Kier molecular flexibility index (Phi) is 6.49. The number of fused-ring (bicyclic) bond motifs is 1. The predicted octanol–water partition coefficient (Wildman–Crippen LogP) is 1.60. The minimum atomic E-state index is -0.975. The Morgan fingerprint density at radius 3 is 2.58 bits per heavy atom. The van der Waals surface area contributed by atoms with Gasteiger partial charge in [0.25, 0.3) is 6.47 Å². The molecule has 2 aliphatic rings. The van der Waals surface area contributed by atoms with Crippen molar-refractivity contribution in [2.24, 2.45) is 11.3 Å². The van der Waals surface area contributed by atoms with Gasteiger partial charge in [0.2, 0.25) is 0 Å². The van der Waals surface area contributed by atoms with Gasteiger partial charge in [-0.2, -0.15) is 0 Å². The molecule has 144 valence electrons. The van der Waals surface area contributed by atoms with Crippen molar-refractivity contribution in [3.8, 4) is 5.75 Å². The third-order valence-electron chi connectivity index (χ3n) is 4.89. The molecular formula is C17H21F2NO6. The normalized spacial score (nSPS) is 25.0. The molecule has 26 heavy (non-hydrogen) atoms. The summed E-state index contributed by atoms with van der Waals surface area (Å²) in [7, 11) is 1.34. The number of methoxy groups -OCH3 is 1. The summed E-state index contributed by atoms with van der Waals surface area (Å²) in [5.41, 5.74) is -1.04. The largest absolute Gasteiger partial charge is 0.497 e. The molecule has 2 fully saturated rings. The molecule has 0 spiro atoms. The number of aliphatic carboxylic acids is 1. The van der Waals surface area contributed by atoms with Crippen LogP contribution in [0.4, 0.5) is 8.78 Å². The van der Waals surface area contributed by atoms with E-state index >= 15 is 0 Å². The standard InChI is InChI=1S/C16H19F2NO4.CH2O2/c1-22-11-4-13(17)12(14(18)5-11)7-19-6-10-2-3-23-9-16(10,8-19)15(20)21;2-1-3/h4-5,10H,2-3,6-9H2,1H3,(H,20,21);1H,(H,2,3)/t10-,16+;/m0./s1. The van der Waals surface area contributed by atoms with Crippen molar-refractivity contribution in [1.82, 2.24) is 4.90 Å².